The topological polar surface area (TPSA) is 89.3 Å². The Kier molecular flexibility index (Phi) is 5.74. The van der Waals surface area contributed by atoms with Crippen LogP contribution in [0.15, 0.2) is 12.3 Å². The number of aromatic nitrogens is 2. The zero-order valence-electron chi connectivity index (χ0n) is 12.1. The van der Waals surface area contributed by atoms with Gasteiger partial charge in [0.2, 0.25) is 0 Å². The van der Waals surface area contributed by atoms with Crippen LogP contribution < -0.4 is 0 Å². The third-order valence-corrected chi connectivity index (χ3v) is 5.02. The fourth-order valence-electron chi connectivity index (χ4n) is 2.06. The van der Waals surface area contributed by atoms with Crippen LogP contribution in [-0.2, 0) is 20.4 Å². The van der Waals surface area contributed by atoms with E-state index in [-0.39, 0.29) is 17.5 Å². The molecule has 0 radical (unpaired) electrons. The van der Waals surface area contributed by atoms with Crippen molar-refractivity contribution in [1.29, 1.82) is 0 Å². The number of carboxylic acid groups (broad SMARTS) is 1. The number of carbonyl (C=O) groups is 1. The van der Waals surface area contributed by atoms with Gasteiger partial charge in [-0.1, -0.05) is 20.8 Å². The molecule has 6 nitrogen and oxygen atoms in total. The first-order valence-corrected chi connectivity index (χ1v) is 8.58. The van der Waals surface area contributed by atoms with Gasteiger partial charge in [0.15, 0.2) is 9.84 Å². The highest BCUT2D eigenvalue weighted by atomic mass is 32.2. The maximum atomic E-state index is 11.9. The molecule has 1 aromatic rings. The molecular weight excluding hydrogens is 280 g/mol. The Hall–Kier alpha value is -1.37. The summed E-state index contributed by atoms with van der Waals surface area (Å²) in [5.41, 5.74) is 0.467. The molecule has 0 aliphatic carbocycles. The summed E-state index contributed by atoms with van der Waals surface area (Å²) in [6, 6.07) is 1.95. The molecule has 1 rings (SSSR count). The van der Waals surface area contributed by atoms with Crippen molar-refractivity contribution < 1.29 is 18.3 Å². The van der Waals surface area contributed by atoms with E-state index in [1.165, 1.54) is 6.92 Å². The van der Waals surface area contributed by atoms with Crippen LogP contribution in [0.1, 0.15) is 45.3 Å². The van der Waals surface area contributed by atoms with Gasteiger partial charge in [0, 0.05) is 6.20 Å². The molecule has 0 saturated carbocycles. The minimum Gasteiger partial charge on any atom is -0.481 e. The summed E-state index contributed by atoms with van der Waals surface area (Å²) in [5, 5.41) is 13.0. The molecule has 1 unspecified atom stereocenters. The van der Waals surface area contributed by atoms with Crippen LogP contribution in [0.3, 0.4) is 0 Å². The van der Waals surface area contributed by atoms with E-state index < -0.39 is 21.7 Å². The van der Waals surface area contributed by atoms with E-state index in [0.29, 0.717) is 5.69 Å². The van der Waals surface area contributed by atoms with Crippen molar-refractivity contribution in [1.82, 2.24) is 9.78 Å². The van der Waals surface area contributed by atoms with E-state index in [9.17, 15) is 13.2 Å². The largest absolute Gasteiger partial charge is 0.481 e. The Bertz CT molecular complexity index is 546. The summed E-state index contributed by atoms with van der Waals surface area (Å²) in [4.78, 5) is 10.7. The molecule has 1 N–H and O–H groups in total. The molecule has 114 valence electrons. The molecule has 0 spiro atoms. The first-order valence-electron chi connectivity index (χ1n) is 6.76. The highest BCUT2D eigenvalue weighted by Gasteiger charge is 2.22. The van der Waals surface area contributed by atoms with Crippen LogP contribution in [0, 0.1) is 5.92 Å². The van der Waals surface area contributed by atoms with E-state index in [2.05, 4.69) is 18.9 Å². The lowest BCUT2D eigenvalue weighted by Gasteiger charge is -2.12. The second kappa shape index (κ2) is 6.88. The highest BCUT2D eigenvalue weighted by molar-refractivity contribution is 7.90. The summed E-state index contributed by atoms with van der Waals surface area (Å²) in [6.45, 7) is 5.50. The lowest BCUT2D eigenvalue weighted by atomic mass is 10.2. The molecule has 0 fully saturated rings. The van der Waals surface area contributed by atoms with Gasteiger partial charge in [0.1, 0.15) is 0 Å². The van der Waals surface area contributed by atoms with Gasteiger partial charge in [-0.25, -0.2) is 8.42 Å². The maximum Gasteiger partial charge on any atom is 0.307 e. The summed E-state index contributed by atoms with van der Waals surface area (Å²) in [7, 11) is -3.46. The molecule has 1 heterocycles. The SMILES string of the molecule is CCC(CC)n1ccc(CS(=O)(=O)CC(C)C(=O)O)n1. The molecule has 0 aromatic carbocycles. The predicted molar refractivity (Wildman–Crippen MR) is 76.1 cm³/mol. The van der Waals surface area contributed by atoms with Gasteiger partial charge in [0.25, 0.3) is 0 Å². The third kappa shape index (κ3) is 4.63. The van der Waals surface area contributed by atoms with Crippen molar-refractivity contribution >= 4 is 15.8 Å². The van der Waals surface area contributed by atoms with Gasteiger partial charge in [-0.3, -0.25) is 9.48 Å². The summed E-state index contributed by atoms with van der Waals surface area (Å²) < 4.78 is 25.6. The first kappa shape index (κ1) is 16.7. The summed E-state index contributed by atoms with van der Waals surface area (Å²) in [6.07, 6.45) is 3.64. The monoisotopic (exact) mass is 302 g/mol. The fraction of sp³-hybridized carbons (Fsp3) is 0.692. The average molecular weight is 302 g/mol. The summed E-state index contributed by atoms with van der Waals surface area (Å²) >= 11 is 0. The van der Waals surface area contributed by atoms with Crippen LogP contribution >= 0.6 is 0 Å². The molecule has 7 heteroatoms. The zero-order chi connectivity index (χ0) is 15.3. The van der Waals surface area contributed by atoms with Crippen molar-refractivity contribution in [2.75, 3.05) is 5.75 Å². The van der Waals surface area contributed by atoms with Gasteiger partial charge in [-0.2, -0.15) is 5.10 Å². The third-order valence-electron chi connectivity index (χ3n) is 3.27. The van der Waals surface area contributed by atoms with Crippen molar-refractivity contribution in [2.24, 2.45) is 5.92 Å². The molecule has 1 aromatic heterocycles. The standard InChI is InChI=1S/C13H22N2O4S/c1-4-12(5-2)15-7-6-11(14-15)9-20(18,19)8-10(3)13(16)17/h6-7,10,12H,4-5,8-9H2,1-3H3,(H,16,17). The normalized spacial score (nSPS) is 13.6. The number of nitrogens with zero attached hydrogens (tertiary/aromatic N) is 2. The smallest absolute Gasteiger partial charge is 0.307 e. The fourth-order valence-corrected chi connectivity index (χ4v) is 3.68. The Labute approximate surface area is 119 Å². The zero-order valence-corrected chi connectivity index (χ0v) is 12.9. The highest BCUT2D eigenvalue weighted by Crippen LogP contribution is 2.16. The quantitative estimate of drug-likeness (QED) is 0.792. The maximum absolute atomic E-state index is 11.9. The number of rotatable bonds is 8. The van der Waals surface area contributed by atoms with Crippen LogP contribution in [0.4, 0.5) is 0 Å². The predicted octanol–water partition coefficient (Wildman–Crippen LogP) is 1.88. The second-order valence-corrected chi connectivity index (χ2v) is 7.16. The minimum atomic E-state index is -3.46. The van der Waals surface area contributed by atoms with Gasteiger partial charge in [-0.15, -0.1) is 0 Å². The average Bonchev–Trinajstić information content (AvgIpc) is 2.77. The van der Waals surface area contributed by atoms with E-state index in [1.54, 1.807) is 16.9 Å². The summed E-state index contributed by atoms with van der Waals surface area (Å²) in [5.74, 6) is -2.57. The van der Waals surface area contributed by atoms with Crippen molar-refractivity contribution in [3.8, 4) is 0 Å². The van der Waals surface area contributed by atoms with Crippen molar-refractivity contribution in [3.05, 3.63) is 18.0 Å². The van der Waals surface area contributed by atoms with Crippen LogP contribution in [0.25, 0.3) is 0 Å². The van der Waals surface area contributed by atoms with Crippen molar-refractivity contribution in [2.45, 2.75) is 45.4 Å². The van der Waals surface area contributed by atoms with Crippen LogP contribution in [-0.4, -0.2) is 35.0 Å². The van der Waals surface area contributed by atoms with Gasteiger partial charge < -0.3 is 5.11 Å². The molecular formula is C13H22N2O4S. The van der Waals surface area contributed by atoms with Crippen molar-refractivity contribution in [3.63, 3.8) is 0 Å². The number of hydrogen-bond donors (Lipinski definition) is 1. The second-order valence-electron chi connectivity index (χ2n) is 5.05. The Morgan fingerprint density at radius 1 is 1.40 bits per heavy atom. The van der Waals surface area contributed by atoms with Gasteiger partial charge in [0.05, 0.1) is 29.2 Å². The van der Waals surface area contributed by atoms with Gasteiger partial charge >= 0.3 is 5.97 Å². The number of hydrogen-bond acceptors (Lipinski definition) is 4. The number of carboxylic acids is 1. The lowest BCUT2D eigenvalue weighted by Crippen LogP contribution is -2.22. The molecule has 0 saturated heterocycles. The minimum absolute atomic E-state index is 0.211. The Morgan fingerprint density at radius 3 is 2.50 bits per heavy atom. The lowest BCUT2D eigenvalue weighted by molar-refractivity contribution is -0.140. The Balaban J connectivity index is 2.76. The molecule has 0 aliphatic rings. The van der Waals surface area contributed by atoms with Gasteiger partial charge in [-0.05, 0) is 18.9 Å². The van der Waals surface area contributed by atoms with Crippen LogP contribution in [0.2, 0.25) is 0 Å². The van der Waals surface area contributed by atoms with E-state index in [4.69, 9.17) is 5.11 Å². The van der Waals surface area contributed by atoms with E-state index >= 15 is 0 Å². The number of aliphatic carboxylic acids is 1. The molecule has 0 aliphatic heterocycles. The van der Waals surface area contributed by atoms with E-state index in [0.717, 1.165) is 12.8 Å². The molecule has 0 bridgehead atoms. The molecule has 1 atom stereocenters. The number of sulfone groups is 1. The Morgan fingerprint density at radius 2 is 2.00 bits per heavy atom. The molecule has 0 amide bonds. The molecule has 20 heavy (non-hydrogen) atoms. The first-order chi connectivity index (χ1) is 9.29. The van der Waals surface area contributed by atoms with E-state index in [1.807, 2.05) is 0 Å². The van der Waals surface area contributed by atoms with Crippen LogP contribution in [0.5, 0.6) is 0 Å².